The lowest BCUT2D eigenvalue weighted by Gasteiger charge is -2.44. The highest BCUT2D eigenvalue weighted by Crippen LogP contribution is 2.30. The highest BCUT2D eigenvalue weighted by molar-refractivity contribution is 6.31. The van der Waals surface area contributed by atoms with Crippen LogP contribution in [0.15, 0.2) is 48.5 Å². The fraction of sp³-hybridized carbons (Fsp3) is 0.444. The number of piperidine rings is 1. The largest absolute Gasteiger partial charge is 0.351 e. The van der Waals surface area contributed by atoms with Gasteiger partial charge >= 0.3 is 0 Å². The quantitative estimate of drug-likeness (QED) is 0.450. The Labute approximate surface area is 200 Å². The summed E-state index contributed by atoms with van der Waals surface area (Å²) in [5, 5.41) is 1.29. The molecule has 0 atom stereocenters. The van der Waals surface area contributed by atoms with E-state index in [2.05, 4.69) is 23.7 Å². The Morgan fingerprint density at radius 1 is 1.18 bits per heavy atom. The number of carbonyl (C=O) groups is 1. The van der Waals surface area contributed by atoms with Crippen molar-refractivity contribution in [1.82, 2.24) is 14.8 Å². The summed E-state index contributed by atoms with van der Waals surface area (Å²) in [5.41, 5.74) is 2.38. The van der Waals surface area contributed by atoms with Gasteiger partial charge in [-0.05, 0) is 82.8 Å². The van der Waals surface area contributed by atoms with Crippen molar-refractivity contribution in [2.24, 2.45) is 5.92 Å². The Balaban J connectivity index is 1.35. The maximum Gasteiger partial charge on any atom is 0.270 e. The molecule has 0 unspecified atom stereocenters. The summed E-state index contributed by atoms with van der Waals surface area (Å²) < 4.78 is 13.9. The predicted octanol–water partition coefficient (Wildman–Crippen LogP) is 6.16. The molecular weight excluding hydrogens is 437 g/mol. The van der Waals surface area contributed by atoms with Crippen LogP contribution in [0.5, 0.6) is 0 Å². The minimum absolute atomic E-state index is 0.0669. The number of hydrogen-bond acceptors (Lipinski definition) is 2. The zero-order chi connectivity index (χ0) is 23.6. The minimum Gasteiger partial charge on any atom is -0.351 e. The van der Waals surface area contributed by atoms with Crippen LogP contribution in [0.2, 0.25) is 5.02 Å². The van der Waals surface area contributed by atoms with Crippen molar-refractivity contribution in [3.63, 3.8) is 0 Å². The predicted molar refractivity (Wildman–Crippen MR) is 133 cm³/mol. The molecule has 0 saturated carbocycles. The Morgan fingerprint density at radius 3 is 2.61 bits per heavy atom. The fourth-order valence-electron chi connectivity index (χ4n) is 5.01. The van der Waals surface area contributed by atoms with E-state index in [4.69, 9.17) is 11.6 Å². The highest BCUT2D eigenvalue weighted by Gasteiger charge is 2.32. The first-order chi connectivity index (χ1) is 15.8. The number of carbonyl (C=O) groups excluding carboxylic acids is 1. The van der Waals surface area contributed by atoms with Gasteiger partial charge in [-0.15, -0.1) is 0 Å². The third kappa shape index (κ3) is 5.25. The zero-order valence-corrected chi connectivity index (χ0v) is 20.5. The molecule has 1 aromatic heterocycles. The van der Waals surface area contributed by atoms with Gasteiger partial charge < -0.3 is 9.88 Å². The maximum atomic E-state index is 13.9. The van der Waals surface area contributed by atoms with E-state index in [-0.39, 0.29) is 22.3 Å². The third-order valence-electron chi connectivity index (χ3n) is 7.03. The number of halogens is 2. The van der Waals surface area contributed by atoms with Crippen molar-refractivity contribution in [3.8, 4) is 0 Å². The SMILES string of the molecule is CCN(CC1CCN(C(C)(C)Cc2cccc(F)c2Cl)CC1)C(=O)c1cc2ccccc2[nH]1. The number of aromatic nitrogens is 1. The van der Waals surface area contributed by atoms with Crippen LogP contribution in [0.3, 0.4) is 0 Å². The van der Waals surface area contributed by atoms with E-state index in [0.717, 1.165) is 48.9 Å². The number of nitrogens with zero attached hydrogens (tertiary/aromatic N) is 2. The maximum absolute atomic E-state index is 13.9. The number of aromatic amines is 1. The molecule has 33 heavy (non-hydrogen) atoms. The molecule has 1 fully saturated rings. The van der Waals surface area contributed by atoms with Crippen LogP contribution < -0.4 is 0 Å². The smallest absolute Gasteiger partial charge is 0.270 e. The van der Waals surface area contributed by atoms with E-state index >= 15 is 0 Å². The third-order valence-corrected chi connectivity index (χ3v) is 7.46. The van der Waals surface area contributed by atoms with Gasteiger partial charge in [-0.3, -0.25) is 9.69 Å². The topological polar surface area (TPSA) is 39.3 Å². The first kappa shape index (κ1) is 23.8. The van der Waals surface area contributed by atoms with Crippen LogP contribution in [0.4, 0.5) is 4.39 Å². The number of nitrogens with one attached hydrogen (secondary N) is 1. The summed E-state index contributed by atoms with van der Waals surface area (Å²) in [4.78, 5) is 20.8. The monoisotopic (exact) mass is 469 g/mol. The van der Waals surface area contributed by atoms with E-state index in [1.807, 2.05) is 48.2 Å². The standard InChI is InChI=1S/C27H33ClFN3O/c1-4-31(26(33)24-16-20-8-5-6-11-23(20)30-24)18-19-12-14-32(15-13-19)27(2,3)17-21-9-7-10-22(29)25(21)28/h5-11,16,19,30H,4,12-15,17-18H2,1-3H3. The number of benzene rings is 2. The van der Waals surface area contributed by atoms with Gasteiger partial charge in [0.2, 0.25) is 0 Å². The van der Waals surface area contributed by atoms with E-state index in [9.17, 15) is 9.18 Å². The average molecular weight is 470 g/mol. The van der Waals surface area contributed by atoms with Gasteiger partial charge in [0.15, 0.2) is 0 Å². The summed E-state index contributed by atoms with van der Waals surface area (Å²) >= 11 is 6.21. The van der Waals surface area contributed by atoms with Crippen LogP contribution in [0.1, 0.15) is 49.7 Å². The molecule has 4 nitrogen and oxygen atoms in total. The van der Waals surface area contributed by atoms with Crippen molar-refractivity contribution < 1.29 is 9.18 Å². The first-order valence-electron chi connectivity index (χ1n) is 11.8. The number of H-pyrrole nitrogens is 1. The van der Waals surface area contributed by atoms with Crippen LogP contribution in [-0.4, -0.2) is 52.4 Å². The lowest BCUT2D eigenvalue weighted by molar-refractivity contribution is 0.0546. The molecule has 1 amide bonds. The van der Waals surface area contributed by atoms with Gasteiger partial charge in [0, 0.05) is 29.5 Å². The molecule has 4 rings (SSSR count). The molecule has 6 heteroatoms. The van der Waals surface area contributed by atoms with Crippen LogP contribution in [0, 0.1) is 11.7 Å². The molecule has 1 aliphatic rings. The van der Waals surface area contributed by atoms with E-state index in [1.165, 1.54) is 6.07 Å². The van der Waals surface area contributed by atoms with Gasteiger partial charge in [0.05, 0.1) is 5.02 Å². The Hall–Kier alpha value is -2.37. The van der Waals surface area contributed by atoms with Crippen molar-refractivity contribution in [3.05, 3.63) is 70.6 Å². The molecule has 0 aliphatic carbocycles. The molecule has 1 N–H and O–H groups in total. The summed E-state index contributed by atoms with van der Waals surface area (Å²) in [7, 11) is 0. The molecule has 0 bridgehead atoms. The van der Waals surface area contributed by atoms with E-state index in [1.54, 1.807) is 6.07 Å². The highest BCUT2D eigenvalue weighted by atomic mass is 35.5. The fourth-order valence-corrected chi connectivity index (χ4v) is 5.20. The van der Waals surface area contributed by atoms with Gasteiger partial charge in [0.1, 0.15) is 11.5 Å². The van der Waals surface area contributed by atoms with Crippen LogP contribution in [0.25, 0.3) is 10.9 Å². The molecule has 0 spiro atoms. The molecule has 2 aromatic carbocycles. The second-order valence-corrected chi connectivity index (χ2v) is 10.1. The number of amides is 1. The Kier molecular flexibility index (Phi) is 7.10. The second-order valence-electron chi connectivity index (χ2n) is 9.75. The molecule has 1 saturated heterocycles. The average Bonchev–Trinajstić information content (AvgIpc) is 3.25. The summed E-state index contributed by atoms with van der Waals surface area (Å²) in [6, 6.07) is 15.0. The van der Waals surface area contributed by atoms with Gasteiger partial charge in [-0.1, -0.05) is 41.9 Å². The molecule has 1 aliphatic heterocycles. The number of rotatable bonds is 7. The second kappa shape index (κ2) is 9.86. The summed E-state index contributed by atoms with van der Waals surface area (Å²) in [6.45, 7) is 9.83. The normalized spacial score (nSPS) is 15.8. The zero-order valence-electron chi connectivity index (χ0n) is 19.7. The molecule has 3 aromatic rings. The Morgan fingerprint density at radius 2 is 1.91 bits per heavy atom. The lowest BCUT2D eigenvalue weighted by Crippen LogP contribution is -2.50. The molecule has 0 radical (unpaired) electrons. The van der Waals surface area contributed by atoms with Crippen LogP contribution in [-0.2, 0) is 6.42 Å². The van der Waals surface area contributed by atoms with Gasteiger partial charge in [0.25, 0.3) is 5.91 Å². The van der Waals surface area contributed by atoms with E-state index < -0.39 is 0 Å². The number of likely N-dealkylation sites (tertiary alicyclic amines) is 1. The van der Waals surface area contributed by atoms with Gasteiger partial charge in [-0.2, -0.15) is 0 Å². The van der Waals surface area contributed by atoms with Gasteiger partial charge in [-0.25, -0.2) is 4.39 Å². The van der Waals surface area contributed by atoms with Crippen molar-refractivity contribution >= 4 is 28.4 Å². The number of hydrogen-bond donors (Lipinski definition) is 1. The van der Waals surface area contributed by atoms with Crippen molar-refractivity contribution in [2.75, 3.05) is 26.2 Å². The van der Waals surface area contributed by atoms with Crippen LogP contribution >= 0.6 is 11.6 Å². The van der Waals surface area contributed by atoms with Crippen molar-refractivity contribution in [1.29, 1.82) is 0 Å². The first-order valence-corrected chi connectivity index (χ1v) is 12.2. The summed E-state index contributed by atoms with van der Waals surface area (Å²) in [5.74, 6) is 0.184. The van der Waals surface area contributed by atoms with E-state index in [0.29, 0.717) is 24.6 Å². The summed E-state index contributed by atoms with van der Waals surface area (Å²) in [6.07, 6.45) is 2.78. The molecule has 2 heterocycles. The number of para-hydroxylation sites is 1. The van der Waals surface area contributed by atoms with Crippen molar-refractivity contribution in [2.45, 2.75) is 45.6 Å². The lowest BCUT2D eigenvalue weighted by atomic mass is 9.88. The molecule has 176 valence electrons. The number of fused-ring (bicyclic) bond motifs is 1. The minimum atomic E-state index is -0.358. The Bertz CT molecular complexity index is 1080. The molecular formula is C27H33ClFN3O.